The number of hydrogen-bond acceptors (Lipinski definition) is 7. The molecule has 0 bridgehead atoms. The summed E-state index contributed by atoms with van der Waals surface area (Å²) in [5.74, 6) is 0.790. The quantitative estimate of drug-likeness (QED) is 0.220. The van der Waals surface area contributed by atoms with Crippen LogP contribution >= 0.6 is 0 Å². The smallest absolute Gasteiger partial charge is 0.338 e. The molecule has 0 aliphatic rings. The summed E-state index contributed by atoms with van der Waals surface area (Å²) in [7, 11) is 0. The van der Waals surface area contributed by atoms with Gasteiger partial charge in [0.15, 0.2) is 5.69 Å². The van der Waals surface area contributed by atoms with Crippen molar-refractivity contribution in [2.75, 3.05) is 6.61 Å². The van der Waals surface area contributed by atoms with Gasteiger partial charge in [-0.2, -0.15) is 0 Å². The van der Waals surface area contributed by atoms with Crippen molar-refractivity contribution in [3.8, 4) is 11.3 Å². The molecule has 0 saturated carbocycles. The van der Waals surface area contributed by atoms with Gasteiger partial charge in [0, 0.05) is 5.56 Å². The maximum atomic E-state index is 12.0. The number of esters is 1. The third-order valence-corrected chi connectivity index (χ3v) is 4.20. The summed E-state index contributed by atoms with van der Waals surface area (Å²) < 4.78 is 15.9. The highest BCUT2D eigenvalue weighted by Crippen LogP contribution is 2.27. The molecule has 2 heterocycles. The van der Waals surface area contributed by atoms with Crippen LogP contribution in [0.1, 0.15) is 47.3 Å². The van der Waals surface area contributed by atoms with E-state index in [9.17, 15) is 14.9 Å². The average Bonchev–Trinajstić information content (AvgIpc) is 3.33. The predicted octanol–water partition coefficient (Wildman–Crippen LogP) is 5.28. The third kappa shape index (κ3) is 4.78. The van der Waals surface area contributed by atoms with Gasteiger partial charge < -0.3 is 13.7 Å². The van der Waals surface area contributed by atoms with E-state index in [1.807, 2.05) is 6.92 Å². The number of nitrogens with zero attached hydrogens (tertiary/aromatic N) is 2. The van der Waals surface area contributed by atoms with Gasteiger partial charge in [0.05, 0.1) is 17.1 Å². The van der Waals surface area contributed by atoms with E-state index in [0.29, 0.717) is 23.7 Å². The Labute approximate surface area is 166 Å². The highest BCUT2D eigenvalue weighted by Gasteiger charge is 2.22. The SMILES string of the molecule is CCCCOC(=O)c1ccc(-c2ccc(/C=C\c3onc(C)c3[N+](=O)[O-])o2)cc1. The minimum absolute atomic E-state index is 0.0522. The fourth-order valence-corrected chi connectivity index (χ4v) is 2.63. The molecule has 8 heteroatoms. The van der Waals surface area contributed by atoms with Crippen LogP contribution in [0.3, 0.4) is 0 Å². The van der Waals surface area contributed by atoms with E-state index in [-0.39, 0.29) is 23.1 Å². The van der Waals surface area contributed by atoms with Crippen molar-refractivity contribution in [3.63, 3.8) is 0 Å². The van der Waals surface area contributed by atoms with Crippen LogP contribution in [-0.4, -0.2) is 22.7 Å². The van der Waals surface area contributed by atoms with E-state index in [0.717, 1.165) is 18.4 Å². The van der Waals surface area contributed by atoms with Crippen LogP contribution in [0.15, 0.2) is 45.3 Å². The fraction of sp³-hybridized carbons (Fsp3) is 0.238. The third-order valence-electron chi connectivity index (χ3n) is 4.20. The van der Waals surface area contributed by atoms with Crippen LogP contribution in [0, 0.1) is 17.0 Å². The molecule has 2 aromatic heterocycles. The number of carbonyl (C=O) groups is 1. The van der Waals surface area contributed by atoms with Crippen LogP contribution in [0.25, 0.3) is 23.5 Å². The van der Waals surface area contributed by atoms with Gasteiger partial charge in [-0.25, -0.2) is 4.79 Å². The number of hydrogen-bond donors (Lipinski definition) is 0. The Kier molecular flexibility index (Phi) is 6.23. The fourth-order valence-electron chi connectivity index (χ4n) is 2.63. The zero-order valence-corrected chi connectivity index (χ0v) is 16.1. The molecule has 1 aromatic carbocycles. The van der Waals surface area contributed by atoms with Gasteiger partial charge in [-0.1, -0.05) is 30.6 Å². The molecule has 3 aromatic rings. The summed E-state index contributed by atoms with van der Waals surface area (Å²) in [4.78, 5) is 22.5. The topological polar surface area (TPSA) is 109 Å². The number of aryl methyl sites for hydroxylation is 1. The molecule has 29 heavy (non-hydrogen) atoms. The first-order valence-electron chi connectivity index (χ1n) is 9.15. The summed E-state index contributed by atoms with van der Waals surface area (Å²) in [5.41, 5.74) is 1.30. The molecular formula is C21H20N2O6. The number of benzene rings is 1. The summed E-state index contributed by atoms with van der Waals surface area (Å²) in [6.45, 7) is 3.95. The van der Waals surface area contributed by atoms with Gasteiger partial charge in [-0.3, -0.25) is 10.1 Å². The first-order chi connectivity index (χ1) is 14.0. The number of ether oxygens (including phenoxy) is 1. The molecule has 0 radical (unpaired) electrons. The van der Waals surface area contributed by atoms with Gasteiger partial charge >= 0.3 is 11.7 Å². The zero-order chi connectivity index (χ0) is 20.8. The monoisotopic (exact) mass is 396 g/mol. The number of nitro groups is 1. The van der Waals surface area contributed by atoms with Gasteiger partial charge in [0.1, 0.15) is 11.5 Å². The Hall–Kier alpha value is -3.68. The standard InChI is InChI=1S/C21H20N2O6/c1-3-4-13-27-21(24)16-7-5-15(6-8-16)18-11-9-17(28-18)10-12-19-20(23(25)26)14(2)22-29-19/h5-12H,3-4,13H2,1-2H3/b12-10-. The van der Waals surface area contributed by atoms with Crippen molar-refractivity contribution in [1.82, 2.24) is 5.16 Å². The van der Waals surface area contributed by atoms with Crippen LogP contribution in [0.4, 0.5) is 5.69 Å². The Morgan fingerprint density at radius 1 is 1.21 bits per heavy atom. The van der Waals surface area contributed by atoms with Crippen LogP contribution < -0.4 is 0 Å². The van der Waals surface area contributed by atoms with Crippen LogP contribution in [0.5, 0.6) is 0 Å². The summed E-state index contributed by atoms with van der Waals surface area (Å²) in [6.07, 6.45) is 4.81. The van der Waals surface area contributed by atoms with Crippen molar-refractivity contribution in [3.05, 3.63) is 69.3 Å². The van der Waals surface area contributed by atoms with E-state index in [1.165, 1.54) is 13.0 Å². The molecule has 0 aliphatic carbocycles. The van der Waals surface area contributed by atoms with E-state index < -0.39 is 4.92 Å². The van der Waals surface area contributed by atoms with E-state index >= 15 is 0 Å². The molecule has 0 fully saturated rings. The molecular weight excluding hydrogens is 376 g/mol. The molecule has 0 aliphatic heterocycles. The Morgan fingerprint density at radius 3 is 2.66 bits per heavy atom. The van der Waals surface area contributed by atoms with Gasteiger partial charge in [-0.15, -0.1) is 0 Å². The second-order valence-electron chi connectivity index (χ2n) is 6.34. The lowest BCUT2D eigenvalue weighted by atomic mass is 10.1. The van der Waals surface area contributed by atoms with Crippen molar-refractivity contribution in [2.24, 2.45) is 0 Å². The van der Waals surface area contributed by atoms with Gasteiger partial charge in [0.2, 0.25) is 5.76 Å². The Morgan fingerprint density at radius 2 is 1.97 bits per heavy atom. The van der Waals surface area contributed by atoms with E-state index in [1.54, 1.807) is 42.5 Å². The Balaban J connectivity index is 1.70. The van der Waals surface area contributed by atoms with Crippen LogP contribution in [-0.2, 0) is 4.74 Å². The number of aromatic nitrogens is 1. The molecule has 0 atom stereocenters. The highest BCUT2D eigenvalue weighted by molar-refractivity contribution is 5.90. The second kappa shape index (κ2) is 9.01. The van der Waals surface area contributed by atoms with E-state index in [2.05, 4.69) is 5.16 Å². The summed E-state index contributed by atoms with van der Waals surface area (Å²) in [6, 6.07) is 10.4. The first kappa shape index (κ1) is 20.1. The van der Waals surface area contributed by atoms with Crippen molar-refractivity contribution >= 4 is 23.8 Å². The molecule has 0 N–H and O–H groups in total. The number of rotatable bonds is 8. The average molecular weight is 396 g/mol. The van der Waals surface area contributed by atoms with Crippen LogP contribution in [0.2, 0.25) is 0 Å². The van der Waals surface area contributed by atoms with Crippen molar-refractivity contribution in [2.45, 2.75) is 26.7 Å². The largest absolute Gasteiger partial charge is 0.462 e. The second-order valence-corrected chi connectivity index (χ2v) is 6.34. The molecule has 0 unspecified atom stereocenters. The summed E-state index contributed by atoms with van der Waals surface area (Å²) >= 11 is 0. The molecule has 0 amide bonds. The Bertz CT molecular complexity index is 1030. The lowest BCUT2D eigenvalue weighted by molar-refractivity contribution is -0.386. The predicted molar refractivity (Wildman–Crippen MR) is 106 cm³/mol. The molecule has 150 valence electrons. The number of unbranched alkanes of at least 4 members (excludes halogenated alkanes) is 1. The van der Waals surface area contributed by atoms with Crippen molar-refractivity contribution < 1.29 is 23.4 Å². The molecule has 0 spiro atoms. The summed E-state index contributed by atoms with van der Waals surface area (Å²) in [5, 5.41) is 14.7. The lowest BCUT2D eigenvalue weighted by Crippen LogP contribution is -2.05. The molecule has 0 saturated heterocycles. The normalized spacial score (nSPS) is 11.1. The van der Waals surface area contributed by atoms with Gasteiger partial charge in [0.25, 0.3) is 0 Å². The van der Waals surface area contributed by atoms with Crippen molar-refractivity contribution in [1.29, 1.82) is 0 Å². The highest BCUT2D eigenvalue weighted by atomic mass is 16.6. The minimum Gasteiger partial charge on any atom is -0.462 e. The maximum Gasteiger partial charge on any atom is 0.338 e. The van der Waals surface area contributed by atoms with Gasteiger partial charge in [-0.05, 0) is 49.8 Å². The number of carbonyl (C=O) groups excluding carboxylic acids is 1. The minimum atomic E-state index is -0.534. The molecule has 3 rings (SSSR count). The zero-order valence-electron chi connectivity index (χ0n) is 16.1. The molecule has 8 nitrogen and oxygen atoms in total. The first-order valence-corrected chi connectivity index (χ1v) is 9.15. The maximum absolute atomic E-state index is 12.0. The lowest BCUT2D eigenvalue weighted by Gasteiger charge is -2.04. The van der Waals surface area contributed by atoms with E-state index in [4.69, 9.17) is 13.7 Å². The number of furan rings is 1.